The van der Waals surface area contributed by atoms with E-state index in [0.717, 1.165) is 42.5 Å². The summed E-state index contributed by atoms with van der Waals surface area (Å²) in [7, 11) is 0. The van der Waals surface area contributed by atoms with E-state index in [-0.39, 0.29) is 18.0 Å². The van der Waals surface area contributed by atoms with Gasteiger partial charge in [0.2, 0.25) is 5.91 Å². The van der Waals surface area contributed by atoms with Crippen LogP contribution in [0.3, 0.4) is 0 Å². The monoisotopic (exact) mass is 298 g/mol. The van der Waals surface area contributed by atoms with Gasteiger partial charge in [-0.3, -0.25) is 4.79 Å². The van der Waals surface area contributed by atoms with Crippen LogP contribution in [-0.2, 0) is 4.79 Å². The molecule has 0 saturated carbocycles. The summed E-state index contributed by atoms with van der Waals surface area (Å²) in [5, 5.41) is 4.10. The largest absolute Gasteiger partial charge is 0.352 e. The van der Waals surface area contributed by atoms with Crippen LogP contribution in [-0.4, -0.2) is 34.5 Å². The van der Waals surface area contributed by atoms with Crippen LogP contribution in [0.4, 0.5) is 5.82 Å². The first-order valence-electron chi connectivity index (χ1n) is 7.97. The smallest absolute Gasteiger partial charge is 0.242 e. The molecule has 1 aliphatic rings. The number of carbonyl (C=O) groups is 1. The number of nitrogens with zero attached hydrogens (tertiary/aromatic N) is 3. The summed E-state index contributed by atoms with van der Waals surface area (Å²) in [4.78, 5) is 23.4. The second-order valence-electron chi connectivity index (χ2n) is 5.88. The van der Waals surface area contributed by atoms with Gasteiger partial charge in [-0.15, -0.1) is 0 Å². The van der Waals surface area contributed by atoms with Crippen LogP contribution in [0.2, 0.25) is 0 Å². The van der Waals surface area contributed by atoms with E-state index in [1.165, 1.54) is 0 Å². The maximum atomic E-state index is 12.5. The third-order valence-corrected chi connectivity index (χ3v) is 4.35. The Morgan fingerprint density at radius 2 is 2.23 bits per heavy atom. The number of rotatable bonds is 4. The summed E-state index contributed by atoms with van der Waals surface area (Å²) in [6.45, 7) is 4.98. The van der Waals surface area contributed by atoms with Crippen LogP contribution in [0, 0.1) is 0 Å². The summed E-state index contributed by atoms with van der Waals surface area (Å²) in [6.07, 6.45) is 4.41. The molecule has 1 amide bonds. The van der Waals surface area contributed by atoms with Gasteiger partial charge in [0.1, 0.15) is 18.2 Å². The maximum absolute atomic E-state index is 12.5. The Morgan fingerprint density at radius 3 is 3.05 bits per heavy atom. The molecule has 1 aliphatic heterocycles. The number of nitrogens with one attached hydrogen (secondary N) is 1. The molecule has 0 aliphatic carbocycles. The zero-order chi connectivity index (χ0) is 15.5. The molecule has 1 aromatic heterocycles. The SMILES string of the molecule is CCC(C)NC(=O)C1CCCN1c1ncnc2ccccc12. The van der Waals surface area contributed by atoms with E-state index < -0.39 is 0 Å². The van der Waals surface area contributed by atoms with Crippen LogP contribution in [0.15, 0.2) is 30.6 Å². The Balaban J connectivity index is 1.90. The number of para-hydroxylation sites is 1. The average Bonchev–Trinajstić information content (AvgIpc) is 3.03. The van der Waals surface area contributed by atoms with Gasteiger partial charge < -0.3 is 10.2 Å². The number of aromatic nitrogens is 2. The molecule has 1 N–H and O–H groups in total. The highest BCUT2D eigenvalue weighted by Crippen LogP contribution is 2.29. The molecule has 3 rings (SSSR count). The predicted molar refractivity (Wildman–Crippen MR) is 87.8 cm³/mol. The molecule has 1 saturated heterocycles. The summed E-state index contributed by atoms with van der Waals surface area (Å²) in [5.74, 6) is 0.974. The Labute approximate surface area is 130 Å². The lowest BCUT2D eigenvalue weighted by Crippen LogP contribution is -2.46. The van der Waals surface area contributed by atoms with Crippen molar-refractivity contribution in [1.82, 2.24) is 15.3 Å². The van der Waals surface area contributed by atoms with Crippen molar-refractivity contribution in [2.75, 3.05) is 11.4 Å². The first-order valence-corrected chi connectivity index (χ1v) is 7.97. The molecule has 2 unspecified atom stereocenters. The van der Waals surface area contributed by atoms with Crippen molar-refractivity contribution in [2.24, 2.45) is 0 Å². The van der Waals surface area contributed by atoms with E-state index in [4.69, 9.17) is 0 Å². The highest BCUT2D eigenvalue weighted by Gasteiger charge is 2.32. The van der Waals surface area contributed by atoms with E-state index in [1.54, 1.807) is 6.33 Å². The van der Waals surface area contributed by atoms with Crippen LogP contribution >= 0.6 is 0 Å². The van der Waals surface area contributed by atoms with E-state index in [1.807, 2.05) is 31.2 Å². The average molecular weight is 298 g/mol. The summed E-state index contributed by atoms with van der Waals surface area (Å²) in [5.41, 5.74) is 0.917. The molecule has 5 nitrogen and oxygen atoms in total. The molecule has 1 fully saturated rings. The van der Waals surface area contributed by atoms with E-state index >= 15 is 0 Å². The number of fused-ring (bicyclic) bond motifs is 1. The van der Waals surface area contributed by atoms with Crippen molar-refractivity contribution >= 4 is 22.6 Å². The number of carbonyl (C=O) groups excluding carboxylic acids is 1. The third kappa shape index (κ3) is 2.75. The van der Waals surface area contributed by atoms with Crippen molar-refractivity contribution in [3.05, 3.63) is 30.6 Å². The lowest BCUT2D eigenvalue weighted by molar-refractivity contribution is -0.122. The maximum Gasteiger partial charge on any atom is 0.242 e. The van der Waals surface area contributed by atoms with Crippen molar-refractivity contribution < 1.29 is 4.79 Å². The van der Waals surface area contributed by atoms with Gasteiger partial charge in [-0.2, -0.15) is 0 Å². The topological polar surface area (TPSA) is 58.1 Å². The minimum absolute atomic E-state index is 0.106. The van der Waals surface area contributed by atoms with Gasteiger partial charge >= 0.3 is 0 Å². The Morgan fingerprint density at radius 1 is 1.41 bits per heavy atom. The summed E-state index contributed by atoms with van der Waals surface area (Å²) in [6, 6.07) is 8.03. The number of hydrogen-bond donors (Lipinski definition) is 1. The highest BCUT2D eigenvalue weighted by atomic mass is 16.2. The van der Waals surface area contributed by atoms with Gasteiger partial charge in [-0.1, -0.05) is 19.1 Å². The molecule has 2 aromatic rings. The van der Waals surface area contributed by atoms with Crippen molar-refractivity contribution in [3.8, 4) is 0 Å². The van der Waals surface area contributed by atoms with Crippen LogP contribution < -0.4 is 10.2 Å². The third-order valence-electron chi connectivity index (χ3n) is 4.35. The molecule has 116 valence electrons. The van der Waals surface area contributed by atoms with Gasteiger partial charge in [0.15, 0.2) is 0 Å². The highest BCUT2D eigenvalue weighted by molar-refractivity contribution is 5.93. The lowest BCUT2D eigenvalue weighted by Gasteiger charge is -2.27. The van der Waals surface area contributed by atoms with Crippen LogP contribution in [0.25, 0.3) is 10.9 Å². The molecule has 0 bridgehead atoms. The molecule has 1 aromatic carbocycles. The predicted octanol–water partition coefficient (Wildman–Crippen LogP) is 2.51. The first-order chi connectivity index (χ1) is 10.7. The van der Waals surface area contributed by atoms with Crippen molar-refractivity contribution in [1.29, 1.82) is 0 Å². The first kappa shape index (κ1) is 14.8. The molecular formula is C17H22N4O. The van der Waals surface area contributed by atoms with Crippen LogP contribution in [0.1, 0.15) is 33.1 Å². The van der Waals surface area contributed by atoms with Crippen LogP contribution in [0.5, 0.6) is 0 Å². The van der Waals surface area contributed by atoms with Crippen molar-refractivity contribution in [3.63, 3.8) is 0 Å². The van der Waals surface area contributed by atoms with E-state index in [2.05, 4.69) is 27.1 Å². The van der Waals surface area contributed by atoms with Gasteiger partial charge in [-0.25, -0.2) is 9.97 Å². The standard InChI is InChI=1S/C17H22N4O/c1-3-12(2)20-17(22)15-9-6-10-21(15)16-13-7-4-5-8-14(13)18-11-19-16/h4-5,7-8,11-12,15H,3,6,9-10H2,1-2H3,(H,20,22). The van der Waals surface area contributed by atoms with Gasteiger partial charge in [0.25, 0.3) is 0 Å². The Kier molecular flexibility index (Phi) is 4.22. The normalized spacial score (nSPS) is 19.4. The van der Waals surface area contributed by atoms with Crippen molar-refractivity contribution in [2.45, 2.75) is 45.2 Å². The molecule has 0 radical (unpaired) electrons. The second-order valence-corrected chi connectivity index (χ2v) is 5.88. The zero-order valence-electron chi connectivity index (χ0n) is 13.1. The minimum Gasteiger partial charge on any atom is -0.352 e. The molecule has 2 atom stereocenters. The minimum atomic E-state index is -0.132. The Hall–Kier alpha value is -2.17. The number of amides is 1. The summed E-state index contributed by atoms with van der Waals surface area (Å²) >= 11 is 0. The lowest BCUT2D eigenvalue weighted by atomic mass is 10.1. The van der Waals surface area contributed by atoms with Gasteiger partial charge in [-0.05, 0) is 38.3 Å². The fourth-order valence-electron chi connectivity index (χ4n) is 2.95. The fraction of sp³-hybridized carbons (Fsp3) is 0.471. The van der Waals surface area contributed by atoms with Gasteiger partial charge in [0, 0.05) is 18.0 Å². The number of benzene rings is 1. The Bertz CT molecular complexity index is 667. The molecule has 5 heteroatoms. The van der Waals surface area contributed by atoms with E-state index in [0.29, 0.717) is 0 Å². The summed E-state index contributed by atoms with van der Waals surface area (Å²) < 4.78 is 0. The number of hydrogen-bond acceptors (Lipinski definition) is 4. The van der Waals surface area contributed by atoms with E-state index in [9.17, 15) is 4.79 Å². The molecular weight excluding hydrogens is 276 g/mol. The molecule has 2 heterocycles. The quantitative estimate of drug-likeness (QED) is 0.942. The van der Waals surface area contributed by atoms with Gasteiger partial charge in [0.05, 0.1) is 5.52 Å². The fourth-order valence-corrected chi connectivity index (χ4v) is 2.95. The molecule has 22 heavy (non-hydrogen) atoms. The zero-order valence-corrected chi connectivity index (χ0v) is 13.1. The number of anilines is 1. The molecule has 0 spiro atoms. The second kappa shape index (κ2) is 6.30.